The number of allylic oxidation sites excluding steroid dienone is 1. The van der Waals surface area contributed by atoms with Crippen LogP contribution in [0.1, 0.15) is 12.5 Å². The van der Waals surface area contributed by atoms with Gasteiger partial charge in [-0.15, -0.1) is 6.42 Å². The van der Waals surface area contributed by atoms with Crippen LogP contribution in [0.15, 0.2) is 29.8 Å². The Balaban J connectivity index is 2.98. The average molecular weight is 200 g/mol. The lowest BCUT2D eigenvalue weighted by atomic mass is 10.1. The topological polar surface area (TPSA) is 26.3 Å². The van der Waals surface area contributed by atoms with Crippen LogP contribution < -0.4 is 4.74 Å². The molecule has 0 amide bonds. The molecule has 1 rings (SSSR count). The molecular weight excluding hydrogens is 188 g/mol. The summed E-state index contributed by atoms with van der Waals surface area (Å²) in [6.45, 7) is 1.45. The second-order valence-electron chi connectivity index (χ2n) is 3.03. The van der Waals surface area contributed by atoms with Crippen molar-refractivity contribution in [2.24, 2.45) is 0 Å². The highest BCUT2D eigenvalue weighted by molar-refractivity contribution is 6.02. The number of hydrogen-bond acceptors (Lipinski definition) is 2. The largest absolute Gasteiger partial charge is 0.497 e. The monoisotopic (exact) mass is 200 g/mol. The molecule has 0 atom stereocenters. The van der Waals surface area contributed by atoms with E-state index < -0.39 is 0 Å². The fourth-order valence-electron chi connectivity index (χ4n) is 1.11. The molecule has 0 radical (unpaired) electrons. The highest BCUT2D eigenvalue weighted by Gasteiger charge is 1.99. The van der Waals surface area contributed by atoms with Crippen molar-refractivity contribution in [3.8, 4) is 18.1 Å². The maximum absolute atomic E-state index is 11.1. The number of ether oxygens (including phenoxy) is 1. The van der Waals surface area contributed by atoms with Gasteiger partial charge in [-0.05, 0) is 30.7 Å². The van der Waals surface area contributed by atoms with E-state index in [9.17, 15) is 4.79 Å². The molecule has 0 bridgehead atoms. The van der Waals surface area contributed by atoms with Gasteiger partial charge >= 0.3 is 0 Å². The first-order valence-corrected chi connectivity index (χ1v) is 4.50. The van der Waals surface area contributed by atoms with Crippen molar-refractivity contribution in [1.82, 2.24) is 0 Å². The molecule has 2 nitrogen and oxygen atoms in total. The highest BCUT2D eigenvalue weighted by atomic mass is 16.5. The average Bonchev–Trinajstić information content (AvgIpc) is 2.26. The van der Waals surface area contributed by atoms with Gasteiger partial charge in [-0.1, -0.05) is 18.1 Å². The predicted octanol–water partition coefficient (Wildman–Crippen LogP) is 2.30. The SMILES string of the molecule is C#C/C(=C/c1ccc(OC)cc1)C(C)=O. The number of carbonyl (C=O) groups excluding carboxylic acids is 1. The smallest absolute Gasteiger partial charge is 0.168 e. The Morgan fingerprint density at radius 3 is 2.40 bits per heavy atom. The minimum absolute atomic E-state index is 0.103. The number of benzene rings is 1. The quantitative estimate of drug-likeness (QED) is 0.552. The Morgan fingerprint density at radius 2 is 2.00 bits per heavy atom. The summed E-state index contributed by atoms with van der Waals surface area (Å²) < 4.78 is 5.02. The van der Waals surface area contributed by atoms with Crippen molar-refractivity contribution in [3.63, 3.8) is 0 Å². The summed E-state index contributed by atoms with van der Waals surface area (Å²) in [5.41, 5.74) is 1.26. The number of methoxy groups -OCH3 is 1. The summed E-state index contributed by atoms with van der Waals surface area (Å²) in [6.07, 6.45) is 6.90. The van der Waals surface area contributed by atoms with Crippen molar-refractivity contribution in [3.05, 3.63) is 35.4 Å². The van der Waals surface area contributed by atoms with Gasteiger partial charge in [-0.25, -0.2) is 0 Å². The lowest BCUT2D eigenvalue weighted by Crippen LogP contribution is -1.92. The van der Waals surface area contributed by atoms with Gasteiger partial charge in [-0.2, -0.15) is 0 Å². The predicted molar refractivity (Wildman–Crippen MR) is 60.5 cm³/mol. The molecule has 0 fully saturated rings. The van der Waals surface area contributed by atoms with Crippen molar-refractivity contribution in [2.45, 2.75) is 6.92 Å². The first kappa shape index (κ1) is 11.1. The second-order valence-corrected chi connectivity index (χ2v) is 3.03. The molecule has 1 aromatic carbocycles. The van der Waals surface area contributed by atoms with Crippen LogP contribution in [0.25, 0.3) is 6.08 Å². The number of ketones is 1. The summed E-state index contributed by atoms with van der Waals surface area (Å²) in [7, 11) is 1.60. The van der Waals surface area contributed by atoms with Crippen molar-refractivity contribution in [1.29, 1.82) is 0 Å². The van der Waals surface area contributed by atoms with E-state index in [1.54, 1.807) is 13.2 Å². The molecular formula is C13H12O2. The fourth-order valence-corrected chi connectivity index (χ4v) is 1.11. The minimum Gasteiger partial charge on any atom is -0.497 e. The molecule has 0 aliphatic rings. The Hall–Kier alpha value is -2.01. The van der Waals surface area contributed by atoms with E-state index in [0.717, 1.165) is 11.3 Å². The minimum atomic E-state index is -0.103. The number of terminal acetylenes is 1. The molecule has 15 heavy (non-hydrogen) atoms. The zero-order valence-corrected chi connectivity index (χ0v) is 8.78. The Kier molecular flexibility index (Phi) is 3.70. The summed E-state index contributed by atoms with van der Waals surface area (Å²) in [4.78, 5) is 11.1. The van der Waals surface area contributed by atoms with Gasteiger partial charge < -0.3 is 4.74 Å². The molecule has 76 valence electrons. The molecule has 0 N–H and O–H groups in total. The van der Waals surface area contributed by atoms with Crippen molar-refractivity contribution < 1.29 is 9.53 Å². The third-order valence-electron chi connectivity index (χ3n) is 1.96. The molecule has 0 saturated carbocycles. The van der Waals surface area contributed by atoms with Gasteiger partial charge in [0.05, 0.1) is 12.7 Å². The second kappa shape index (κ2) is 5.02. The standard InChI is InChI=1S/C13H12O2/c1-4-12(10(2)14)9-11-5-7-13(15-3)8-6-11/h1,5-9H,2-3H3/b12-9-. The van der Waals surface area contributed by atoms with Gasteiger partial charge in [-0.3, -0.25) is 4.79 Å². The van der Waals surface area contributed by atoms with E-state index in [-0.39, 0.29) is 5.78 Å². The number of hydrogen-bond donors (Lipinski definition) is 0. The summed E-state index contributed by atoms with van der Waals surface area (Å²) in [6, 6.07) is 7.33. The lowest BCUT2D eigenvalue weighted by molar-refractivity contribution is -0.113. The normalized spacial score (nSPS) is 10.6. The van der Waals surface area contributed by atoms with Gasteiger partial charge in [0.2, 0.25) is 0 Å². The number of rotatable bonds is 3. The van der Waals surface area contributed by atoms with Crippen LogP contribution in [0.5, 0.6) is 5.75 Å². The van der Waals surface area contributed by atoms with Crippen molar-refractivity contribution >= 4 is 11.9 Å². The summed E-state index contributed by atoms with van der Waals surface area (Å²) in [5, 5.41) is 0. The number of carbonyl (C=O) groups is 1. The Labute approximate surface area is 89.6 Å². The van der Waals surface area contributed by atoms with Gasteiger partial charge in [0.15, 0.2) is 5.78 Å². The molecule has 0 spiro atoms. The van der Waals surface area contributed by atoms with E-state index in [2.05, 4.69) is 5.92 Å². The van der Waals surface area contributed by atoms with Gasteiger partial charge in [0.25, 0.3) is 0 Å². The van der Waals surface area contributed by atoms with E-state index >= 15 is 0 Å². The third-order valence-corrected chi connectivity index (χ3v) is 1.96. The molecule has 0 unspecified atom stereocenters. The fraction of sp³-hybridized carbons (Fsp3) is 0.154. The highest BCUT2D eigenvalue weighted by Crippen LogP contribution is 2.13. The lowest BCUT2D eigenvalue weighted by Gasteiger charge is -1.99. The van der Waals surface area contributed by atoms with Crippen LogP contribution in [0.2, 0.25) is 0 Å². The van der Waals surface area contributed by atoms with E-state index in [4.69, 9.17) is 11.2 Å². The molecule has 0 heterocycles. The molecule has 0 saturated heterocycles. The van der Waals surface area contributed by atoms with E-state index in [1.807, 2.05) is 24.3 Å². The van der Waals surface area contributed by atoms with Crippen molar-refractivity contribution in [2.75, 3.05) is 7.11 Å². The Morgan fingerprint density at radius 1 is 1.40 bits per heavy atom. The van der Waals surface area contributed by atoms with Crippen LogP contribution in [-0.2, 0) is 4.79 Å². The third kappa shape index (κ3) is 2.99. The van der Waals surface area contributed by atoms with Gasteiger partial charge in [0, 0.05) is 0 Å². The molecule has 1 aromatic rings. The number of Topliss-reactive ketones (excluding diaryl/α,β-unsaturated/α-hetero) is 1. The molecule has 2 heteroatoms. The maximum atomic E-state index is 11.1. The molecule has 0 aliphatic heterocycles. The van der Waals surface area contributed by atoms with Crippen LogP contribution in [-0.4, -0.2) is 12.9 Å². The van der Waals surface area contributed by atoms with Crippen LogP contribution in [0.3, 0.4) is 0 Å². The zero-order valence-electron chi connectivity index (χ0n) is 8.78. The van der Waals surface area contributed by atoms with Crippen LogP contribution in [0, 0.1) is 12.3 Å². The van der Waals surface area contributed by atoms with Gasteiger partial charge in [0.1, 0.15) is 5.75 Å². The van der Waals surface area contributed by atoms with E-state index in [0.29, 0.717) is 5.57 Å². The maximum Gasteiger partial charge on any atom is 0.168 e. The van der Waals surface area contributed by atoms with Crippen LogP contribution >= 0.6 is 0 Å². The first-order chi connectivity index (χ1) is 7.17. The summed E-state index contributed by atoms with van der Waals surface area (Å²) >= 11 is 0. The molecule has 0 aliphatic carbocycles. The van der Waals surface area contributed by atoms with Crippen LogP contribution in [0.4, 0.5) is 0 Å². The molecule has 0 aromatic heterocycles. The zero-order chi connectivity index (χ0) is 11.3. The first-order valence-electron chi connectivity index (χ1n) is 4.50. The summed E-state index contributed by atoms with van der Waals surface area (Å²) in [5.74, 6) is 3.03. The van der Waals surface area contributed by atoms with E-state index in [1.165, 1.54) is 6.92 Å². The Bertz CT molecular complexity index is 419.